The molecule has 1 unspecified atom stereocenters. The fraction of sp³-hybridized carbons (Fsp3) is 0.625. The fourth-order valence-electron chi connectivity index (χ4n) is 9.05. The second-order valence-electron chi connectivity index (χ2n) is 10.5. The van der Waals surface area contributed by atoms with Crippen LogP contribution in [-0.2, 0) is 24.5 Å². The molecule has 0 aromatic heterocycles. The number of carbonyl (C=O) groups is 3. The van der Waals surface area contributed by atoms with Crippen LogP contribution in [0, 0.1) is 5.41 Å². The Balaban J connectivity index is 1.68. The van der Waals surface area contributed by atoms with Crippen LogP contribution >= 0.6 is 0 Å². The number of aliphatic hydroxyl groups is 1. The number of piperidine rings is 1. The minimum atomic E-state index is -2.00. The van der Waals surface area contributed by atoms with Gasteiger partial charge in [0.15, 0.2) is 23.2 Å². The average Bonchev–Trinajstić information content (AvgIpc) is 3.27. The Morgan fingerprint density at radius 3 is 2.65 bits per heavy atom. The standard InChI is InChI=1S/C24H26N2O8/c1-31-13-6-5-12-14(15(13)32-2)26(20(29)33-3)23-9-8-21-7-4-10-25-17(27)16(24(12,23)18(21)25)34-19(28)22(23,30)11-21/h5-6,16,18,30H,4,7-11H2,1-3H3/t16?,18-,21+,22+,23+,24-/m0/s1. The van der Waals surface area contributed by atoms with Crippen molar-refractivity contribution in [1.29, 1.82) is 0 Å². The third-order valence-corrected chi connectivity index (χ3v) is 9.77. The van der Waals surface area contributed by atoms with E-state index in [0.717, 1.165) is 12.8 Å². The number of hydrogen-bond donors (Lipinski definition) is 1. The summed E-state index contributed by atoms with van der Waals surface area (Å²) in [4.78, 5) is 44.2. The Labute approximate surface area is 195 Å². The first-order chi connectivity index (χ1) is 16.3. The van der Waals surface area contributed by atoms with Gasteiger partial charge in [-0.05, 0) is 49.1 Å². The van der Waals surface area contributed by atoms with Crippen LogP contribution < -0.4 is 14.4 Å². The molecule has 3 aliphatic carbocycles. The number of nitrogens with zero attached hydrogens (tertiary/aromatic N) is 2. The second kappa shape index (κ2) is 5.79. The highest BCUT2D eigenvalue weighted by molar-refractivity contribution is 6.06. The van der Waals surface area contributed by atoms with E-state index in [1.165, 1.54) is 26.2 Å². The Bertz CT molecular complexity index is 1200. The van der Waals surface area contributed by atoms with E-state index in [2.05, 4.69) is 0 Å². The maximum atomic E-state index is 13.8. The van der Waals surface area contributed by atoms with Gasteiger partial charge in [-0.1, -0.05) is 6.07 Å². The van der Waals surface area contributed by atoms with Crippen molar-refractivity contribution in [1.82, 2.24) is 4.90 Å². The van der Waals surface area contributed by atoms with E-state index in [1.807, 2.05) is 11.0 Å². The highest BCUT2D eigenvalue weighted by Crippen LogP contribution is 2.79. The average molecular weight is 470 g/mol. The van der Waals surface area contributed by atoms with E-state index >= 15 is 0 Å². The number of esters is 1. The van der Waals surface area contributed by atoms with Crippen molar-refractivity contribution < 1.29 is 38.4 Å². The molecular formula is C24H26N2O8. The summed E-state index contributed by atoms with van der Waals surface area (Å²) in [6.45, 7) is 0.552. The largest absolute Gasteiger partial charge is 0.493 e. The van der Waals surface area contributed by atoms with Gasteiger partial charge in [0.2, 0.25) is 0 Å². The zero-order chi connectivity index (χ0) is 23.8. The lowest BCUT2D eigenvalue weighted by molar-refractivity contribution is -0.261. The van der Waals surface area contributed by atoms with Crippen molar-refractivity contribution in [2.45, 2.75) is 60.8 Å². The van der Waals surface area contributed by atoms with Gasteiger partial charge in [0.25, 0.3) is 5.91 Å². The molecule has 6 fully saturated rings. The molecule has 10 heteroatoms. The highest BCUT2D eigenvalue weighted by atomic mass is 16.6. The lowest BCUT2D eigenvalue weighted by Gasteiger charge is -2.73. The number of fused-ring (bicyclic) bond motifs is 2. The smallest absolute Gasteiger partial charge is 0.414 e. The molecule has 1 N–H and O–H groups in total. The summed E-state index contributed by atoms with van der Waals surface area (Å²) >= 11 is 0. The summed E-state index contributed by atoms with van der Waals surface area (Å²) in [6.07, 6.45) is 0.851. The molecule has 4 bridgehead atoms. The molecule has 2 amide bonds. The van der Waals surface area contributed by atoms with E-state index in [9.17, 15) is 19.5 Å². The Kier molecular flexibility index (Phi) is 3.47. The van der Waals surface area contributed by atoms with E-state index in [1.54, 1.807) is 6.07 Å². The number of hydrogen-bond acceptors (Lipinski definition) is 8. The molecule has 180 valence electrons. The lowest BCUT2D eigenvalue weighted by Crippen LogP contribution is -2.89. The Hall–Kier alpha value is -3.01. The summed E-state index contributed by atoms with van der Waals surface area (Å²) in [6, 6.07) is 3.25. The van der Waals surface area contributed by atoms with Crippen LogP contribution in [0.25, 0.3) is 0 Å². The van der Waals surface area contributed by atoms with Gasteiger partial charge in [-0.3, -0.25) is 9.69 Å². The maximum absolute atomic E-state index is 13.8. The highest BCUT2D eigenvalue weighted by Gasteiger charge is 2.93. The first-order valence-electron chi connectivity index (χ1n) is 11.7. The van der Waals surface area contributed by atoms with Gasteiger partial charge < -0.3 is 29.0 Å². The second-order valence-corrected chi connectivity index (χ2v) is 10.5. The van der Waals surface area contributed by atoms with Crippen molar-refractivity contribution >= 4 is 23.7 Å². The van der Waals surface area contributed by atoms with E-state index in [0.29, 0.717) is 42.1 Å². The van der Waals surface area contributed by atoms with Crippen molar-refractivity contribution in [3.05, 3.63) is 17.7 Å². The molecule has 10 nitrogen and oxygen atoms in total. The predicted octanol–water partition coefficient (Wildman–Crippen LogP) is 1.11. The van der Waals surface area contributed by atoms with E-state index < -0.39 is 40.1 Å². The molecule has 1 aromatic rings. The number of benzene rings is 1. The first kappa shape index (κ1) is 20.4. The van der Waals surface area contributed by atoms with Crippen molar-refractivity contribution in [2.75, 3.05) is 32.8 Å². The number of ether oxygens (including phenoxy) is 4. The molecule has 8 rings (SSSR count). The molecule has 3 spiro atoms. The minimum absolute atomic E-state index is 0.128. The third-order valence-electron chi connectivity index (χ3n) is 9.77. The molecular weight excluding hydrogens is 444 g/mol. The summed E-state index contributed by atoms with van der Waals surface area (Å²) in [5, 5.41) is 12.3. The topological polar surface area (TPSA) is 115 Å². The summed E-state index contributed by atoms with van der Waals surface area (Å²) in [5.41, 5.74) is -4.03. The number of anilines is 1. The molecule has 7 aliphatic rings. The van der Waals surface area contributed by atoms with Crippen LogP contribution in [0.5, 0.6) is 11.5 Å². The monoisotopic (exact) mass is 470 g/mol. The lowest BCUT2D eigenvalue weighted by atomic mass is 9.36. The Morgan fingerprint density at radius 2 is 1.94 bits per heavy atom. The van der Waals surface area contributed by atoms with Gasteiger partial charge in [0, 0.05) is 6.54 Å². The van der Waals surface area contributed by atoms with Crippen LogP contribution in [-0.4, -0.2) is 79.1 Å². The van der Waals surface area contributed by atoms with Gasteiger partial charge >= 0.3 is 12.1 Å². The zero-order valence-corrected chi connectivity index (χ0v) is 19.3. The van der Waals surface area contributed by atoms with Crippen LogP contribution in [0.3, 0.4) is 0 Å². The summed E-state index contributed by atoms with van der Waals surface area (Å²) in [5.74, 6) is -0.425. The van der Waals surface area contributed by atoms with Gasteiger partial charge in [-0.2, -0.15) is 0 Å². The van der Waals surface area contributed by atoms with Crippen LogP contribution in [0.2, 0.25) is 0 Å². The van der Waals surface area contributed by atoms with E-state index in [-0.39, 0.29) is 18.4 Å². The SMILES string of the molecule is COC(=O)N1c2c(ccc(OC)c2OC)[C@]23C4OC(=O)[C@]5(O)C[C@@]6(CCCN(C4=O)[C@@H]62)CC[C@@]153. The Morgan fingerprint density at radius 1 is 1.15 bits per heavy atom. The number of methoxy groups -OCH3 is 3. The zero-order valence-electron chi connectivity index (χ0n) is 19.3. The quantitative estimate of drug-likeness (QED) is 0.640. The minimum Gasteiger partial charge on any atom is -0.493 e. The van der Waals surface area contributed by atoms with Crippen LogP contribution in [0.15, 0.2) is 12.1 Å². The molecule has 0 radical (unpaired) electrons. The van der Waals surface area contributed by atoms with Crippen LogP contribution in [0.1, 0.15) is 37.7 Å². The molecule has 1 aromatic carbocycles. The third kappa shape index (κ3) is 1.63. The molecule has 4 heterocycles. The number of carbonyl (C=O) groups excluding carboxylic acids is 3. The number of amides is 2. The molecule has 6 atom stereocenters. The van der Waals surface area contributed by atoms with Gasteiger partial charge in [-0.25, -0.2) is 9.59 Å². The van der Waals surface area contributed by atoms with Crippen molar-refractivity contribution in [2.24, 2.45) is 5.41 Å². The van der Waals surface area contributed by atoms with Crippen molar-refractivity contribution in [3.8, 4) is 11.5 Å². The normalized spacial score (nSPS) is 42.2. The number of rotatable bonds is 2. The summed E-state index contributed by atoms with van der Waals surface area (Å²) in [7, 11) is 4.23. The predicted molar refractivity (Wildman–Crippen MR) is 115 cm³/mol. The van der Waals surface area contributed by atoms with Gasteiger partial charge in [-0.15, -0.1) is 0 Å². The van der Waals surface area contributed by atoms with E-state index in [4.69, 9.17) is 18.9 Å². The molecule has 34 heavy (non-hydrogen) atoms. The fourth-order valence-corrected chi connectivity index (χ4v) is 9.05. The first-order valence-corrected chi connectivity index (χ1v) is 11.7. The van der Waals surface area contributed by atoms with Crippen LogP contribution in [0.4, 0.5) is 10.5 Å². The molecule has 4 aliphatic heterocycles. The molecule has 3 saturated carbocycles. The maximum Gasteiger partial charge on any atom is 0.414 e. The molecule has 3 saturated heterocycles. The van der Waals surface area contributed by atoms with Gasteiger partial charge in [0.05, 0.1) is 38.5 Å². The summed E-state index contributed by atoms with van der Waals surface area (Å²) < 4.78 is 22.4. The van der Waals surface area contributed by atoms with Gasteiger partial charge in [0.1, 0.15) is 5.54 Å². The van der Waals surface area contributed by atoms with Crippen molar-refractivity contribution in [3.63, 3.8) is 0 Å².